The van der Waals surface area contributed by atoms with Crippen LogP contribution in [0.4, 0.5) is 4.39 Å². The molecule has 0 amide bonds. The number of carbonyl (C=O) groups is 1. The predicted molar refractivity (Wildman–Crippen MR) is 75.2 cm³/mol. The van der Waals surface area contributed by atoms with Crippen molar-refractivity contribution in [2.45, 2.75) is 4.90 Å². The average Bonchev–Trinajstić information content (AvgIpc) is 2.78. The van der Waals surface area contributed by atoms with Gasteiger partial charge < -0.3 is 9.84 Å². The molecule has 2 aromatic rings. The number of ether oxygens (including phenoxy) is 1. The van der Waals surface area contributed by atoms with Crippen LogP contribution in [0.25, 0.3) is 11.3 Å². The first kappa shape index (κ1) is 16.0. The molecule has 0 aliphatic carbocycles. The summed E-state index contributed by atoms with van der Waals surface area (Å²) < 4.78 is 43.6. The van der Waals surface area contributed by atoms with Crippen molar-refractivity contribution >= 4 is 15.8 Å². The minimum Gasteiger partial charge on any atom is -0.495 e. The van der Waals surface area contributed by atoms with Gasteiger partial charge in [-0.25, -0.2) is 17.6 Å². The zero-order chi connectivity index (χ0) is 16.7. The second-order valence-electron chi connectivity index (χ2n) is 4.61. The quantitative estimate of drug-likeness (QED) is 0.909. The van der Waals surface area contributed by atoms with Crippen molar-refractivity contribution in [3.05, 3.63) is 29.7 Å². The van der Waals surface area contributed by atoms with E-state index in [1.807, 2.05) is 0 Å². The molecule has 1 aromatic carbocycles. The topological polar surface area (TPSA) is 98.5 Å². The summed E-state index contributed by atoms with van der Waals surface area (Å²) in [6.07, 6.45) is 0.875. The van der Waals surface area contributed by atoms with E-state index in [0.29, 0.717) is 5.69 Å². The van der Waals surface area contributed by atoms with Gasteiger partial charge in [0.15, 0.2) is 15.5 Å². The second-order valence-corrected chi connectivity index (χ2v) is 6.56. The fraction of sp³-hybridized carbons (Fsp3) is 0.231. The van der Waals surface area contributed by atoms with E-state index in [2.05, 4.69) is 5.10 Å². The molecule has 0 bridgehead atoms. The van der Waals surface area contributed by atoms with E-state index < -0.39 is 26.5 Å². The number of hydrogen-bond acceptors (Lipinski definition) is 5. The Kier molecular flexibility index (Phi) is 3.92. The summed E-state index contributed by atoms with van der Waals surface area (Å²) in [4.78, 5) is 10.4. The maximum Gasteiger partial charge on any atom is 0.356 e. The molecule has 7 nitrogen and oxygen atoms in total. The van der Waals surface area contributed by atoms with Gasteiger partial charge in [0.2, 0.25) is 0 Å². The van der Waals surface area contributed by atoms with Crippen LogP contribution in [-0.2, 0) is 16.9 Å². The fourth-order valence-electron chi connectivity index (χ4n) is 2.07. The second kappa shape index (κ2) is 5.41. The fourth-order valence-corrected chi connectivity index (χ4v) is 2.99. The minimum atomic E-state index is -3.81. The van der Waals surface area contributed by atoms with Crippen LogP contribution in [0.15, 0.2) is 23.1 Å². The lowest BCUT2D eigenvalue weighted by Crippen LogP contribution is -2.05. The van der Waals surface area contributed by atoms with E-state index in [9.17, 15) is 17.6 Å². The maximum atomic E-state index is 14.2. The molecular formula is C13H13FN2O5S. The van der Waals surface area contributed by atoms with Gasteiger partial charge in [0, 0.05) is 18.9 Å². The largest absolute Gasteiger partial charge is 0.495 e. The predicted octanol–water partition coefficient (Wildman–Crippen LogP) is 1.34. The molecule has 0 atom stereocenters. The van der Waals surface area contributed by atoms with E-state index in [4.69, 9.17) is 9.84 Å². The van der Waals surface area contributed by atoms with E-state index in [1.54, 1.807) is 0 Å². The first-order valence-corrected chi connectivity index (χ1v) is 7.89. The normalized spacial score (nSPS) is 11.5. The van der Waals surface area contributed by atoms with Crippen molar-refractivity contribution in [2.75, 3.05) is 13.4 Å². The lowest BCUT2D eigenvalue weighted by atomic mass is 10.1. The third-order valence-electron chi connectivity index (χ3n) is 2.99. The SMILES string of the molecule is COc1cc(-c2cc(C(=O)O)nn2C)cc(F)c1S(C)(=O)=O. The molecule has 1 heterocycles. The van der Waals surface area contributed by atoms with Crippen molar-refractivity contribution in [3.8, 4) is 17.0 Å². The van der Waals surface area contributed by atoms with Crippen LogP contribution in [0.1, 0.15) is 10.5 Å². The summed E-state index contributed by atoms with van der Waals surface area (Å²) in [5.41, 5.74) is 0.364. The van der Waals surface area contributed by atoms with Crippen LogP contribution in [0.2, 0.25) is 0 Å². The molecule has 118 valence electrons. The van der Waals surface area contributed by atoms with E-state index >= 15 is 0 Å². The number of sulfone groups is 1. The van der Waals surface area contributed by atoms with Crippen molar-refractivity contribution in [1.29, 1.82) is 0 Å². The molecule has 2 rings (SSSR count). The summed E-state index contributed by atoms with van der Waals surface area (Å²) >= 11 is 0. The van der Waals surface area contributed by atoms with Crippen molar-refractivity contribution in [2.24, 2.45) is 7.05 Å². The summed E-state index contributed by atoms with van der Waals surface area (Å²) in [5, 5.41) is 12.7. The summed E-state index contributed by atoms with van der Waals surface area (Å²) in [6.45, 7) is 0. The van der Waals surface area contributed by atoms with Crippen LogP contribution in [0.5, 0.6) is 5.75 Å². The van der Waals surface area contributed by atoms with Gasteiger partial charge >= 0.3 is 5.97 Å². The van der Waals surface area contributed by atoms with E-state index in [1.165, 1.54) is 31.0 Å². The Morgan fingerprint density at radius 2 is 2.00 bits per heavy atom. The number of carboxylic acid groups (broad SMARTS) is 1. The van der Waals surface area contributed by atoms with Crippen LogP contribution in [0.3, 0.4) is 0 Å². The number of aryl methyl sites for hydroxylation is 1. The number of rotatable bonds is 4. The van der Waals surface area contributed by atoms with Crippen molar-refractivity contribution in [3.63, 3.8) is 0 Å². The van der Waals surface area contributed by atoms with Crippen LogP contribution >= 0.6 is 0 Å². The molecule has 0 spiro atoms. The number of benzene rings is 1. The Labute approximate surface area is 125 Å². The lowest BCUT2D eigenvalue weighted by molar-refractivity contribution is 0.0689. The standard InChI is InChI=1S/C13H13FN2O5S/c1-16-10(6-9(15-16)13(17)18)7-4-8(14)12(22(3,19)20)11(5-7)21-2/h4-6H,1-3H3,(H,17,18). The number of methoxy groups -OCH3 is 1. The minimum absolute atomic E-state index is 0.157. The van der Waals surface area contributed by atoms with Gasteiger partial charge in [-0.3, -0.25) is 4.68 Å². The molecule has 0 radical (unpaired) electrons. The third kappa shape index (κ3) is 2.80. The van der Waals surface area contributed by atoms with Crippen LogP contribution in [0, 0.1) is 5.82 Å². The van der Waals surface area contributed by atoms with Gasteiger partial charge in [-0.15, -0.1) is 0 Å². The highest BCUT2D eigenvalue weighted by Crippen LogP contribution is 2.32. The summed E-state index contributed by atoms with van der Waals surface area (Å²) in [6, 6.07) is 3.58. The lowest BCUT2D eigenvalue weighted by Gasteiger charge is -2.11. The van der Waals surface area contributed by atoms with Crippen LogP contribution < -0.4 is 4.74 Å². The summed E-state index contributed by atoms with van der Waals surface area (Å²) in [7, 11) is -1.09. The molecule has 0 saturated carbocycles. The smallest absolute Gasteiger partial charge is 0.356 e. The molecule has 0 saturated heterocycles. The number of halogens is 1. The van der Waals surface area contributed by atoms with E-state index in [-0.39, 0.29) is 17.0 Å². The Morgan fingerprint density at radius 3 is 2.45 bits per heavy atom. The number of aromatic carboxylic acids is 1. The number of hydrogen-bond donors (Lipinski definition) is 1. The summed E-state index contributed by atoms with van der Waals surface area (Å²) in [5.74, 6) is -2.35. The first-order valence-electron chi connectivity index (χ1n) is 6.00. The maximum absolute atomic E-state index is 14.2. The van der Waals surface area contributed by atoms with Crippen molar-refractivity contribution in [1.82, 2.24) is 9.78 Å². The molecule has 0 unspecified atom stereocenters. The number of carboxylic acids is 1. The monoisotopic (exact) mass is 328 g/mol. The molecule has 9 heteroatoms. The Morgan fingerprint density at radius 1 is 1.36 bits per heavy atom. The van der Waals surface area contributed by atoms with Gasteiger partial charge in [0.05, 0.1) is 12.8 Å². The van der Waals surface area contributed by atoms with Gasteiger partial charge in [0.25, 0.3) is 0 Å². The zero-order valence-electron chi connectivity index (χ0n) is 12.0. The Balaban J connectivity index is 2.69. The van der Waals surface area contributed by atoms with E-state index in [0.717, 1.165) is 12.3 Å². The molecule has 0 aliphatic heterocycles. The molecule has 0 fully saturated rings. The highest BCUT2D eigenvalue weighted by Gasteiger charge is 2.23. The highest BCUT2D eigenvalue weighted by atomic mass is 32.2. The van der Waals surface area contributed by atoms with Gasteiger partial charge in [0.1, 0.15) is 16.5 Å². The van der Waals surface area contributed by atoms with Gasteiger partial charge in [-0.1, -0.05) is 0 Å². The van der Waals surface area contributed by atoms with Gasteiger partial charge in [-0.05, 0) is 18.2 Å². The third-order valence-corrected chi connectivity index (χ3v) is 4.13. The number of aromatic nitrogens is 2. The molecule has 22 heavy (non-hydrogen) atoms. The molecule has 1 aromatic heterocycles. The first-order chi connectivity index (χ1) is 10.1. The molecule has 0 aliphatic rings. The van der Waals surface area contributed by atoms with Gasteiger partial charge in [-0.2, -0.15) is 5.10 Å². The molecule has 1 N–H and O–H groups in total. The Hall–Kier alpha value is -2.42. The molecular weight excluding hydrogens is 315 g/mol. The van der Waals surface area contributed by atoms with Crippen LogP contribution in [-0.4, -0.2) is 42.6 Å². The highest BCUT2D eigenvalue weighted by molar-refractivity contribution is 7.90. The Bertz CT molecular complexity index is 858. The number of nitrogens with zero attached hydrogens (tertiary/aromatic N) is 2. The zero-order valence-corrected chi connectivity index (χ0v) is 12.8. The van der Waals surface area contributed by atoms with Crippen molar-refractivity contribution < 1.29 is 27.4 Å². The average molecular weight is 328 g/mol.